The van der Waals surface area contributed by atoms with Crippen LogP contribution in [0.25, 0.3) is 0 Å². The van der Waals surface area contributed by atoms with Crippen LogP contribution in [0.3, 0.4) is 0 Å². The molecule has 0 aliphatic rings. The quantitative estimate of drug-likeness (QED) is 0.358. The molecule has 10 heavy (non-hydrogen) atoms. The summed E-state index contributed by atoms with van der Waals surface area (Å²) in [7, 11) is 0. The normalized spacial score (nSPS) is 10.5. The van der Waals surface area contributed by atoms with E-state index in [1.54, 1.807) is 12.4 Å². The van der Waals surface area contributed by atoms with Gasteiger partial charge in [0.05, 0.1) is 6.21 Å². The molecule has 0 atom stereocenters. The van der Waals surface area contributed by atoms with E-state index in [-0.39, 0.29) is 0 Å². The van der Waals surface area contributed by atoms with Gasteiger partial charge in [-0.15, -0.1) is 0 Å². The Morgan fingerprint density at radius 1 is 1.70 bits per heavy atom. The molecule has 0 bridgehead atoms. The molecule has 0 aliphatic heterocycles. The molecule has 3 nitrogen and oxygen atoms in total. The van der Waals surface area contributed by atoms with Crippen molar-refractivity contribution in [1.29, 1.82) is 0 Å². The first kappa shape index (κ1) is 6.74. The van der Waals surface area contributed by atoms with Gasteiger partial charge in [0, 0.05) is 18.0 Å². The first-order chi connectivity index (χ1) is 4.84. The molecule has 0 aromatic carbocycles. The van der Waals surface area contributed by atoms with Gasteiger partial charge in [-0.1, -0.05) is 5.16 Å². The lowest BCUT2D eigenvalue weighted by Gasteiger charge is -1.93. The summed E-state index contributed by atoms with van der Waals surface area (Å²) in [6, 6.07) is 1.86. The third-order valence-corrected chi connectivity index (χ3v) is 1.28. The number of rotatable bonds is 1. The molecule has 0 unspecified atom stereocenters. The molecule has 1 aromatic rings. The van der Waals surface area contributed by atoms with Crippen LogP contribution >= 0.6 is 0 Å². The van der Waals surface area contributed by atoms with Gasteiger partial charge in [0.2, 0.25) is 0 Å². The summed E-state index contributed by atoms with van der Waals surface area (Å²) < 4.78 is 0. The van der Waals surface area contributed by atoms with Crippen LogP contribution in [-0.2, 0) is 0 Å². The maximum absolute atomic E-state index is 8.19. The third kappa shape index (κ3) is 1.31. The standard InChI is InChI=1S/C7H8N2O/c1-6-2-3-8-4-7(6)5-9-10/h2-5,10H,1H3. The molecule has 3 heteroatoms. The fraction of sp³-hybridized carbons (Fsp3) is 0.143. The molecule has 0 radical (unpaired) electrons. The van der Waals surface area contributed by atoms with E-state index in [0.29, 0.717) is 0 Å². The van der Waals surface area contributed by atoms with Gasteiger partial charge >= 0.3 is 0 Å². The Morgan fingerprint density at radius 2 is 2.50 bits per heavy atom. The molecule has 0 amide bonds. The molecular formula is C7H8N2O. The van der Waals surface area contributed by atoms with Crippen molar-refractivity contribution in [1.82, 2.24) is 4.98 Å². The predicted octanol–water partition coefficient (Wildman–Crippen LogP) is 1.20. The molecule has 0 saturated carbocycles. The summed E-state index contributed by atoms with van der Waals surface area (Å²) in [5.41, 5.74) is 1.89. The Labute approximate surface area is 59.0 Å². The van der Waals surface area contributed by atoms with Crippen molar-refractivity contribution in [2.45, 2.75) is 6.92 Å². The SMILES string of the molecule is Cc1ccncc1C=NO. The summed E-state index contributed by atoms with van der Waals surface area (Å²) in [5, 5.41) is 11.1. The van der Waals surface area contributed by atoms with Crippen LogP contribution in [0, 0.1) is 6.92 Å². The molecule has 0 spiro atoms. The maximum Gasteiger partial charge on any atom is 0.0751 e. The number of oxime groups is 1. The highest BCUT2D eigenvalue weighted by atomic mass is 16.4. The van der Waals surface area contributed by atoms with E-state index >= 15 is 0 Å². The first-order valence-electron chi connectivity index (χ1n) is 2.92. The summed E-state index contributed by atoms with van der Waals surface area (Å²) in [4.78, 5) is 3.86. The molecule has 1 aromatic heterocycles. The maximum atomic E-state index is 8.19. The second-order valence-corrected chi connectivity index (χ2v) is 1.98. The van der Waals surface area contributed by atoms with Crippen LogP contribution in [0.2, 0.25) is 0 Å². The van der Waals surface area contributed by atoms with Crippen LogP contribution in [0.15, 0.2) is 23.6 Å². The zero-order valence-electron chi connectivity index (χ0n) is 5.65. The van der Waals surface area contributed by atoms with Gasteiger partial charge in [-0.3, -0.25) is 4.98 Å². The van der Waals surface area contributed by atoms with E-state index in [1.165, 1.54) is 6.21 Å². The Kier molecular flexibility index (Phi) is 1.99. The Hall–Kier alpha value is -1.38. The summed E-state index contributed by atoms with van der Waals surface area (Å²) in [6.45, 7) is 1.93. The van der Waals surface area contributed by atoms with E-state index in [4.69, 9.17) is 5.21 Å². The van der Waals surface area contributed by atoms with Gasteiger partial charge in [-0.25, -0.2) is 0 Å². The van der Waals surface area contributed by atoms with Crippen LogP contribution in [-0.4, -0.2) is 16.4 Å². The lowest BCUT2D eigenvalue weighted by atomic mass is 10.2. The largest absolute Gasteiger partial charge is 0.411 e. The van der Waals surface area contributed by atoms with Crippen LogP contribution in [0.5, 0.6) is 0 Å². The van der Waals surface area contributed by atoms with E-state index in [1.807, 2.05) is 13.0 Å². The van der Waals surface area contributed by atoms with Gasteiger partial charge in [-0.05, 0) is 18.6 Å². The smallest absolute Gasteiger partial charge is 0.0751 e. The van der Waals surface area contributed by atoms with Crippen molar-refractivity contribution in [3.05, 3.63) is 29.6 Å². The monoisotopic (exact) mass is 136 g/mol. The van der Waals surface area contributed by atoms with Crippen LogP contribution in [0.1, 0.15) is 11.1 Å². The minimum atomic E-state index is 0.838. The Bertz CT molecular complexity index is 245. The average molecular weight is 136 g/mol. The minimum absolute atomic E-state index is 0.838. The van der Waals surface area contributed by atoms with Crippen molar-refractivity contribution < 1.29 is 5.21 Å². The minimum Gasteiger partial charge on any atom is -0.411 e. The fourth-order valence-electron chi connectivity index (χ4n) is 0.674. The molecule has 52 valence electrons. The molecule has 1 heterocycles. The number of hydrogen-bond acceptors (Lipinski definition) is 3. The van der Waals surface area contributed by atoms with E-state index in [9.17, 15) is 0 Å². The second kappa shape index (κ2) is 2.96. The number of nitrogens with zero attached hydrogens (tertiary/aromatic N) is 2. The third-order valence-electron chi connectivity index (χ3n) is 1.28. The fourth-order valence-corrected chi connectivity index (χ4v) is 0.674. The number of aryl methyl sites for hydroxylation is 1. The van der Waals surface area contributed by atoms with Gasteiger partial charge in [0.15, 0.2) is 0 Å². The molecule has 1 rings (SSSR count). The number of aromatic nitrogens is 1. The van der Waals surface area contributed by atoms with Crippen molar-refractivity contribution in [2.75, 3.05) is 0 Å². The lowest BCUT2D eigenvalue weighted by molar-refractivity contribution is 0.322. The highest BCUT2D eigenvalue weighted by molar-refractivity contribution is 5.80. The summed E-state index contributed by atoms with van der Waals surface area (Å²) in [6.07, 6.45) is 4.71. The van der Waals surface area contributed by atoms with Crippen LogP contribution < -0.4 is 0 Å². The molecule has 0 fully saturated rings. The van der Waals surface area contributed by atoms with E-state index in [0.717, 1.165) is 11.1 Å². The lowest BCUT2D eigenvalue weighted by Crippen LogP contribution is -1.86. The Morgan fingerprint density at radius 3 is 3.10 bits per heavy atom. The summed E-state index contributed by atoms with van der Waals surface area (Å²) >= 11 is 0. The molecule has 0 aliphatic carbocycles. The average Bonchev–Trinajstić information content (AvgIpc) is 1.94. The van der Waals surface area contributed by atoms with Gasteiger partial charge in [0.1, 0.15) is 0 Å². The zero-order chi connectivity index (χ0) is 7.40. The molecule has 0 saturated heterocycles. The van der Waals surface area contributed by atoms with Crippen LogP contribution in [0.4, 0.5) is 0 Å². The number of pyridine rings is 1. The number of hydrogen-bond donors (Lipinski definition) is 1. The van der Waals surface area contributed by atoms with Crippen molar-refractivity contribution in [3.8, 4) is 0 Å². The van der Waals surface area contributed by atoms with Gasteiger partial charge in [0.25, 0.3) is 0 Å². The van der Waals surface area contributed by atoms with Crippen molar-refractivity contribution in [2.24, 2.45) is 5.16 Å². The first-order valence-corrected chi connectivity index (χ1v) is 2.92. The topological polar surface area (TPSA) is 45.5 Å². The van der Waals surface area contributed by atoms with Crippen molar-refractivity contribution >= 4 is 6.21 Å². The predicted molar refractivity (Wildman–Crippen MR) is 38.4 cm³/mol. The summed E-state index contributed by atoms with van der Waals surface area (Å²) in [5.74, 6) is 0. The van der Waals surface area contributed by atoms with Crippen molar-refractivity contribution in [3.63, 3.8) is 0 Å². The molecular weight excluding hydrogens is 128 g/mol. The second-order valence-electron chi connectivity index (χ2n) is 1.98. The van der Waals surface area contributed by atoms with Gasteiger partial charge in [-0.2, -0.15) is 0 Å². The highest BCUT2D eigenvalue weighted by Crippen LogP contribution is 2.00. The van der Waals surface area contributed by atoms with E-state index in [2.05, 4.69) is 10.1 Å². The molecule has 1 N–H and O–H groups in total. The van der Waals surface area contributed by atoms with E-state index < -0.39 is 0 Å². The Balaban J connectivity index is 3.03. The van der Waals surface area contributed by atoms with Gasteiger partial charge < -0.3 is 5.21 Å². The zero-order valence-corrected chi connectivity index (χ0v) is 5.65. The highest BCUT2D eigenvalue weighted by Gasteiger charge is 1.90.